The lowest BCUT2D eigenvalue weighted by Crippen LogP contribution is -1.99. The molecule has 2 rings (SSSR count). The predicted octanol–water partition coefficient (Wildman–Crippen LogP) is 3.04. The van der Waals surface area contributed by atoms with Crippen molar-refractivity contribution in [2.24, 2.45) is 0 Å². The monoisotopic (exact) mass is 280 g/mol. The van der Waals surface area contributed by atoms with E-state index in [2.05, 4.69) is 0 Å². The summed E-state index contributed by atoms with van der Waals surface area (Å²) < 4.78 is 31.8. The lowest BCUT2D eigenvalue weighted by atomic mass is 10.0. The maximum Gasteiger partial charge on any atom is 0.335 e. The summed E-state index contributed by atoms with van der Waals surface area (Å²) in [6.07, 6.45) is 0. The van der Waals surface area contributed by atoms with Gasteiger partial charge in [0.2, 0.25) is 0 Å². The van der Waals surface area contributed by atoms with Crippen LogP contribution in [0.2, 0.25) is 0 Å². The molecular formula is C14H10F2O4. The zero-order valence-corrected chi connectivity index (χ0v) is 10.4. The van der Waals surface area contributed by atoms with Gasteiger partial charge in [-0.3, -0.25) is 0 Å². The number of carboxylic acids is 1. The number of carbonyl (C=O) groups is 1. The van der Waals surface area contributed by atoms with E-state index in [0.717, 1.165) is 30.3 Å². The molecule has 6 heteroatoms. The summed E-state index contributed by atoms with van der Waals surface area (Å²) in [5.41, 5.74) is -0.610. The van der Waals surface area contributed by atoms with Crippen LogP contribution in [-0.2, 0) is 0 Å². The molecule has 0 aromatic heterocycles. The Morgan fingerprint density at radius 1 is 1.15 bits per heavy atom. The first-order valence-electron chi connectivity index (χ1n) is 5.53. The number of methoxy groups -OCH3 is 1. The van der Waals surface area contributed by atoms with Gasteiger partial charge >= 0.3 is 5.97 Å². The van der Waals surface area contributed by atoms with E-state index in [1.165, 1.54) is 7.11 Å². The van der Waals surface area contributed by atoms with E-state index in [4.69, 9.17) is 9.84 Å². The maximum absolute atomic E-state index is 13.7. The molecule has 0 amide bonds. The van der Waals surface area contributed by atoms with E-state index in [-0.39, 0.29) is 22.4 Å². The molecule has 4 nitrogen and oxygen atoms in total. The van der Waals surface area contributed by atoms with Crippen LogP contribution < -0.4 is 4.74 Å². The topological polar surface area (TPSA) is 66.8 Å². The fourth-order valence-electron chi connectivity index (χ4n) is 1.80. The minimum Gasteiger partial charge on any atom is -0.504 e. The van der Waals surface area contributed by atoms with Gasteiger partial charge in [0, 0.05) is 11.1 Å². The first kappa shape index (κ1) is 13.8. The molecule has 0 atom stereocenters. The number of rotatable bonds is 3. The zero-order chi connectivity index (χ0) is 14.9. The number of carboxylic acid groups (broad SMARTS) is 1. The summed E-state index contributed by atoms with van der Waals surface area (Å²) in [6.45, 7) is 0. The van der Waals surface area contributed by atoms with Gasteiger partial charge in [0.15, 0.2) is 11.5 Å². The van der Waals surface area contributed by atoms with Gasteiger partial charge in [0.1, 0.15) is 11.6 Å². The van der Waals surface area contributed by atoms with Crippen molar-refractivity contribution in [3.8, 4) is 22.6 Å². The van der Waals surface area contributed by atoms with E-state index in [9.17, 15) is 18.7 Å². The first-order valence-corrected chi connectivity index (χ1v) is 5.53. The van der Waals surface area contributed by atoms with Crippen LogP contribution in [0, 0.1) is 11.6 Å². The molecule has 0 aliphatic rings. The van der Waals surface area contributed by atoms with Crippen LogP contribution in [-0.4, -0.2) is 23.3 Å². The van der Waals surface area contributed by atoms with E-state index in [1.807, 2.05) is 0 Å². The average molecular weight is 280 g/mol. The highest BCUT2D eigenvalue weighted by Gasteiger charge is 2.18. The standard InChI is InChI=1S/C14H10F2O4/c1-20-12-5-7(14(18)19)4-10(13(12)17)9-6-8(15)2-3-11(9)16/h2-6,17H,1H3,(H,18,19). The van der Waals surface area contributed by atoms with Crippen molar-refractivity contribution in [2.75, 3.05) is 7.11 Å². The summed E-state index contributed by atoms with van der Waals surface area (Å²) >= 11 is 0. The Morgan fingerprint density at radius 3 is 2.45 bits per heavy atom. The Labute approximate surface area is 112 Å². The summed E-state index contributed by atoms with van der Waals surface area (Å²) in [5.74, 6) is -3.36. The SMILES string of the molecule is COc1cc(C(=O)O)cc(-c2cc(F)ccc2F)c1O. The molecule has 2 N–H and O–H groups in total. The molecular weight excluding hydrogens is 270 g/mol. The van der Waals surface area contributed by atoms with Crippen molar-refractivity contribution in [2.45, 2.75) is 0 Å². The summed E-state index contributed by atoms with van der Waals surface area (Å²) in [4.78, 5) is 11.0. The number of aromatic hydroxyl groups is 1. The Hall–Kier alpha value is -2.63. The van der Waals surface area contributed by atoms with Crippen molar-refractivity contribution >= 4 is 5.97 Å². The van der Waals surface area contributed by atoms with Crippen LogP contribution in [0.15, 0.2) is 30.3 Å². The molecule has 0 radical (unpaired) electrons. The van der Waals surface area contributed by atoms with Gasteiger partial charge in [-0.15, -0.1) is 0 Å². The highest BCUT2D eigenvalue weighted by Crippen LogP contribution is 2.39. The lowest BCUT2D eigenvalue weighted by Gasteiger charge is -2.11. The molecule has 0 heterocycles. The number of phenols is 1. The third-order valence-electron chi connectivity index (χ3n) is 2.76. The predicted molar refractivity (Wildman–Crippen MR) is 67.0 cm³/mol. The number of aromatic carboxylic acids is 1. The number of benzene rings is 2. The highest BCUT2D eigenvalue weighted by molar-refractivity contribution is 5.92. The van der Waals surface area contributed by atoms with Gasteiger partial charge < -0.3 is 14.9 Å². The fraction of sp³-hybridized carbons (Fsp3) is 0.0714. The largest absolute Gasteiger partial charge is 0.504 e. The Balaban J connectivity index is 2.75. The lowest BCUT2D eigenvalue weighted by molar-refractivity contribution is 0.0696. The Morgan fingerprint density at radius 2 is 1.85 bits per heavy atom. The Bertz CT molecular complexity index is 683. The molecule has 2 aromatic carbocycles. The minimum absolute atomic E-state index is 0.136. The molecule has 2 aromatic rings. The van der Waals surface area contributed by atoms with E-state index in [0.29, 0.717) is 0 Å². The van der Waals surface area contributed by atoms with Gasteiger partial charge in [-0.2, -0.15) is 0 Å². The second kappa shape index (κ2) is 5.16. The molecule has 0 saturated carbocycles. The van der Waals surface area contributed by atoms with Gasteiger partial charge in [0.05, 0.1) is 12.7 Å². The van der Waals surface area contributed by atoms with E-state index >= 15 is 0 Å². The van der Waals surface area contributed by atoms with Gasteiger partial charge in [-0.05, 0) is 30.3 Å². The van der Waals surface area contributed by atoms with Crippen LogP contribution in [0.5, 0.6) is 11.5 Å². The number of hydrogen-bond acceptors (Lipinski definition) is 3. The summed E-state index contributed by atoms with van der Waals surface area (Å²) in [6, 6.07) is 4.84. The molecule has 0 unspecified atom stereocenters. The molecule has 0 saturated heterocycles. The Kier molecular flexibility index (Phi) is 3.56. The van der Waals surface area contributed by atoms with Crippen LogP contribution in [0.25, 0.3) is 11.1 Å². The molecule has 104 valence electrons. The average Bonchev–Trinajstić information content (AvgIpc) is 2.41. The minimum atomic E-state index is -1.28. The van der Waals surface area contributed by atoms with Crippen molar-refractivity contribution in [1.82, 2.24) is 0 Å². The molecule has 0 fully saturated rings. The van der Waals surface area contributed by atoms with Gasteiger partial charge in [0.25, 0.3) is 0 Å². The van der Waals surface area contributed by atoms with Crippen LogP contribution in [0.1, 0.15) is 10.4 Å². The maximum atomic E-state index is 13.7. The summed E-state index contributed by atoms with van der Waals surface area (Å²) in [7, 11) is 1.23. The first-order chi connectivity index (χ1) is 9.43. The fourth-order valence-corrected chi connectivity index (χ4v) is 1.80. The number of phenolic OH excluding ortho intramolecular Hbond substituents is 1. The number of hydrogen-bond donors (Lipinski definition) is 2. The van der Waals surface area contributed by atoms with Crippen molar-refractivity contribution in [1.29, 1.82) is 0 Å². The summed E-state index contributed by atoms with van der Waals surface area (Å²) in [5, 5.41) is 18.9. The quantitative estimate of drug-likeness (QED) is 0.906. The van der Waals surface area contributed by atoms with Crippen LogP contribution >= 0.6 is 0 Å². The van der Waals surface area contributed by atoms with Gasteiger partial charge in [-0.25, -0.2) is 13.6 Å². The van der Waals surface area contributed by atoms with Crippen molar-refractivity contribution < 1.29 is 28.5 Å². The zero-order valence-electron chi connectivity index (χ0n) is 10.4. The van der Waals surface area contributed by atoms with E-state index in [1.54, 1.807) is 0 Å². The van der Waals surface area contributed by atoms with Crippen molar-refractivity contribution in [3.05, 3.63) is 47.5 Å². The molecule has 0 bridgehead atoms. The molecule has 0 aliphatic heterocycles. The van der Waals surface area contributed by atoms with E-state index < -0.39 is 23.4 Å². The van der Waals surface area contributed by atoms with Gasteiger partial charge in [-0.1, -0.05) is 0 Å². The molecule has 0 spiro atoms. The second-order valence-corrected chi connectivity index (χ2v) is 4.00. The number of ether oxygens (including phenoxy) is 1. The third-order valence-corrected chi connectivity index (χ3v) is 2.76. The highest BCUT2D eigenvalue weighted by atomic mass is 19.1. The van der Waals surface area contributed by atoms with Crippen LogP contribution in [0.4, 0.5) is 8.78 Å². The normalized spacial score (nSPS) is 10.3. The molecule has 20 heavy (non-hydrogen) atoms. The van der Waals surface area contributed by atoms with Crippen molar-refractivity contribution in [3.63, 3.8) is 0 Å². The third kappa shape index (κ3) is 2.40. The molecule has 0 aliphatic carbocycles. The van der Waals surface area contributed by atoms with Crippen LogP contribution in [0.3, 0.4) is 0 Å². The second-order valence-electron chi connectivity index (χ2n) is 4.00. The number of halogens is 2. The smallest absolute Gasteiger partial charge is 0.335 e.